The molecule has 0 amide bonds. The monoisotopic (exact) mass is 205 g/mol. The highest BCUT2D eigenvalue weighted by Gasteiger charge is 2.39. The maximum Gasteiger partial charge on any atom is 0.335 e. The van der Waals surface area contributed by atoms with Gasteiger partial charge in [0.25, 0.3) is 0 Å². The van der Waals surface area contributed by atoms with Gasteiger partial charge in [0.2, 0.25) is 5.90 Å². The van der Waals surface area contributed by atoms with Gasteiger partial charge in [0, 0.05) is 5.56 Å². The van der Waals surface area contributed by atoms with E-state index in [-0.39, 0.29) is 6.61 Å². The van der Waals surface area contributed by atoms with E-state index in [0.29, 0.717) is 5.90 Å². The lowest BCUT2D eigenvalue weighted by atomic mass is 10.1. The molecule has 1 aliphatic heterocycles. The van der Waals surface area contributed by atoms with Gasteiger partial charge in [0.15, 0.2) is 5.54 Å². The Morgan fingerprint density at radius 1 is 1.47 bits per heavy atom. The van der Waals surface area contributed by atoms with E-state index in [1.54, 1.807) is 6.92 Å². The van der Waals surface area contributed by atoms with Crippen molar-refractivity contribution in [3.8, 4) is 0 Å². The fourth-order valence-corrected chi connectivity index (χ4v) is 1.34. The number of rotatable bonds is 2. The Kier molecular flexibility index (Phi) is 2.19. The Hall–Kier alpha value is -1.84. The van der Waals surface area contributed by atoms with Crippen molar-refractivity contribution in [2.45, 2.75) is 12.5 Å². The molecule has 0 bridgehead atoms. The zero-order valence-electron chi connectivity index (χ0n) is 8.30. The van der Waals surface area contributed by atoms with Gasteiger partial charge in [-0.25, -0.2) is 9.79 Å². The van der Waals surface area contributed by atoms with E-state index >= 15 is 0 Å². The van der Waals surface area contributed by atoms with Gasteiger partial charge in [-0.3, -0.25) is 0 Å². The lowest BCUT2D eigenvalue weighted by Crippen LogP contribution is -2.34. The summed E-state index contributed by atoms with van der Waals surface area (Å²) in [6.07, 6.45) is 0. The molecular weight excluding hydrogens is 194 g/mol. The van der Waals surface area contributed by atoms with Crippen LogP contribution in [0.5, 0.6) is 0 Å². The van der Waals surface area contributed by atoms with Crippen molar-refractivity contribution in [1.29, 1.82) is 0 Å². The van der Waals surface area contributed by atoms with E-state index in [0.717, 1.165) is 5.56 Å². The molecule has 2 rings (SSSR count). The van der Waals surface area contributed by atoms with E-state index in [1.807, 2.05) is 30.3 Å². The molecule has 1 aromatic carbocycles. The summed E-state index contributed by atoms with van der Waals surface area (Å²) in [5, 5.41) is 8.95. The molecule has 0 fully saturated rings. The minimum absolute atomic E-state index is 0.0898. The van der Waals surface area contributed by atoms with Gasteiger partial charge in [-0.1, -0.05) is 18.2 Å². The number of carbonyl (C=O) groups is 1. The predicted molar refractivity (Wildman–Crippen MR) is 55.0 cm³/mol. The van der Waals surface area contributed by atoms with Crippen LogP contribution in [0, 0.1) is 0 Å². The van der Waals surface area contributed by atoms with Crippen molar-refractivity contribution in [3.05, 3.63) is 35.9 Å². The van der Waals surface area contributed by atoms with Gasteiger partial charge in [-0.05, 0) is 19.1 Å². The molecule has 4 nitrogen and oxygen atoms in total. The predicted octanol–water partition coefficient (Wildman–Crippen LogP) is 1.31. The molecule has 1 aromatic rings. The van der Waals surface area contributed by atoms with Crippen molar-refractivity contribution >= 4 is 11.9 Å². The van der Waals surface area contributed by atoms with Crippen molar-refractivity contribution in [1.82, 2.24) is 0 Å². The van der Waals surface area contributed by atoms with Crippen LogP contribution in [0.15, 0.2) is 35.3 Å². The fraction of sp³-hybridized carbons (Fsp3) is 0.273. The second-order valence-electron chi connectivity index (χ2n) is 3.65. The van der Waals surface area contributed by atoms with Crippen molar-refractivity contribution in [3.63, 3.8) is 0 Å². The van der Waals surface area contributed by atoms with Gasteiger partial charge in [-0.2, -0.15) is 0 Å². The zero-order valence-corrected chi connectivity index (χ0v) is 8.30. The average Bonchev–Trinajstić information content (AvgIpc) is 2.64. The van der Waals surface area contributed by atoms with Crippen LogP contribution < -0.4 is 0 Å². The quantitative estimate of drug-likeness (QED) is 0.791. The number of hydrogen-bond acceptors (Lipinski definition) is 3. The number of aliphatic carboxylic acids is 1. The number of carboxylic acids is 1. The normalized spacial score (nSPS) is 24.5. The maximum atomic E-state index is 10.9. The van der Waals surface area contributed by atoms with Gasteiger partial charge in [0.1, 0.15) is 6.61 Å². The summed E-state index contributed by atoms with van der Waals surface area (Å²) >= 11 is 0. The molecule has 15 heavy (non-hydrogen) atoms. The van der Waals surface area contributed by atoms with E-state index in [1.165, 1.54) is 0 Å². The van der Waals surface area contributed by atoms with Gasteiger partial charge >= 0.3 is 5.97 Å². The molecule has 0 unspecified atom stereocenters. The molecule has 0 aromatic heterocycles. The Labute approximate surface area is 87.2 Å². The summed E-state index contributed by atoms with van der Waals surface area (Å²) in [5.74, 6) is -0.561. The summed E-state index contributed by atoms with van der Waals surface area (Å²) < 4.78 is 5.29. The van der Waals surface area contributed by atoms with Crippen LogP contribution in [-0.2, 0) is 9.53 Å². The standard InChI is InChI=1S/C11H11NO3/c1-11(10(13)14)7-15-9(12-11)8-5-3-2-4-6-8/h2-6H,7H2,1H3,(H,13,14)/t11-/m0/s1. The molecule has 1 atom stereocenters. The van der Waals surface area contributed by atoms with Crippen LogP contribution in [0.3, 0.4) is 0 Å². The van der Waals surface area contributed by atoms with E-state index in [4.69, 9.17) is 9.84 Å². The van der Waals surface area contributed by atoms with Crippen LogP contribution in [0.25, 0.3) is 0 Å². The average molecular weight is 205 g/mol. The Morgan fingerprint density at radius 2 is 2.13 bits per heavy atom. The molecule has 78 valence electrons. The van der Waals surface area contributed by atoms with E-state index in [9.17, 15) is 4.79 Å². The lowest BCUT2D eigenvalue weighted by Gasteiger charge is -2.10. The number of ether oxygens (including phenoxy) is 1. The molecule has 0 radical (unpaired) electrons. The number of aliphatic imine (C=N–C) groups is 1. The first-order valence-corrected chi connectivity index (χ1v) is 4.63. The molecule has 1 N–H and O–H groups in total. The molecule has 0 aliphatic carbocycles. The highest BCUT2D eigenvalue weighted by Crippen LogP contribution is 2.21. The Bertz CT molecular complexity index is 413. The van der Waals surface area contributed by atoms with Crippen LogP contribution in [0.1, 0.15) is 12.5 Å². The van der Waals surface area contributed by atoms with Crippen molar-refractivity contribution in [2.75, 3.05) is 6.61 Å². The molecule has 0 spiro atoms. The van der Waals surface area contributed by atoms with Crippen LogP contribution in [-0.4, -0.2) is 29.1 Å². The SMILES string of the molecule is C[C@@]1(C(=O)O)COC(c2ccccc2)=N1. The number of hydrogen-bond donors (Lipinski definition) is 1. The third-order valence-electron chi connectivity index (χ3n) is 2.32. The number of nitrogens with zero attached hydrogens (tertiary/aromatic N) is 1. The van der Waals surface area contributed by atoms with Crippen molar-refractivity contribution in [2.24, 2.45) is 4.99 Å². The van der Waals surface area contributed by atoms with Crippen LogP contribution in [0.4, 0.5) is 0 Å². The lowest BCUT2D eigenvalue weighted by molar-refractivity contribution is -0.142. The van der Waals surface area contributed by atoms with E-state index in [2.05, 4.69) is 4.99 Å². The number of benzene rings is 1. The van der Waals surface area contributed by atoms with Gasteiger partial charge in [-0.15, -0.1) is 0 Å². The highest BCUT2D eigenvalue weighted by molar-refractivity contribution is 5.98. The largest absolute Gasteiger partial charge is 0.479 e. The number of carboxylic acid groups (broad SMARTS) is 1. The topological polar surface area (TPSA) is 58.9 Å². The van der Waals surface area contributed by atoms with Gasteiger partial charge in [0.05, 0.1) is 0 Å². The minimum atomic E-state index is -1.15. The third-order valence-corrected chi connectivity index (χ3v) is 2.32. The summed E-state index contributed by atoms with van der Waals surface area (Å²) in [5.41, 5.74) is -0.340. The molecule has 0 saturated carbocycles. The first-order valence-electron chi connectivity index (χ1n) is 4.63. The van der Waals surface area contributed by atoms with E-state index < -0.39 is 11.5 Å². The molecule has 1 aliphatic rings. The molecular formula is C11H11NO3. The molecule has 4 heteroatoms. The minimum Gasteiger partial charge on any atom is -0.479 e. The smallest absolute Gasteiger partial charge is 0.335 e. The second-order valence-corrected chi connectivity index (χ2v) is 3.65. The van der Waals surface area contributed by atoms with Crippen molar-refractivity contribution < 1.29 is 14.6 Å². The van der Waals surface area contributed by atoms with Gasteiger partial charge < -0.3 is 9.84 Å². The van der Waals surface area contributed by atoms with Crippen LogP contribution >= 0.6 is 0 Å². The first kappa shape index (κ1) is 9.71. The molecule has 1 heterocycles. The fourth-order valence-electron chi connectivity index (χ4n) is 1.34. The maximum absolute atomic E-state index is 10.9. The zero-order chi connectivity index (χ0) is 10.9. The summed E-state index contributed by atoms with van der Waals surface area (Å²) in [6, 6.07) is 9.28. The highest BCUT2D eigenvalue weighted by atomic mass is 16.5. The third kappa shape index (κ3) is 1.70. The summed E-state index contributed by atoms with van der Waals surface area (Å²) in [7, 11) is 0. The Balaban J connectivity index is 2.32. The summed E-state index contributed by atoms with van der Waals surface area (Å²) in [4.78, 5) is 15.0. The second kappa shape index (κ2) is 3.38. The van der Waals surface area contributed by atoms with Crippen LogP contribution in [0.2, 0.25) is 0 Å². The summed E-state index contributed by atoms with van der Waals surface area (Å²) in [6.45, 7) is 1.64. The molecule has 0 saturated heterocycles. The first-order chi connectivity index (χ1) is 7.12. The Morgan fingerprint density at radius 3 is 2.67 bits per heavy atom.